The van der Waals surface area contributed by atoms with Crippen LogP contribution in [0.5, 0.6) is 0 Å². The zero-order chi connectivity index (χ0) is 20.4. The molecule has 0 saturated carbocycles. The fourth-order valence-electron chi connectivity index (χ4n) is 4.01. The molecule has 0 radical (unpaired) electrons. The normalized spacial score (nSPS) is 21.6. The van der Waals surface area contributed by atoms with Crippen molar-refractivity contribution in [2.24, 2.45) is 0 Å². The minimum Gasteiger partial charge on any atom is -0.374 e. The van der Waals surface area contributed by atoms with Crippen LogP contribution in [0, 0.1) is 0 Å². The Bertz CT molecular complexity index is 920. The first kappa shape index (κ1) is 20.4. The molecule has 3 heterocycles. The average molecular weight is 416 g/mol. The van der Waals surface area contributed by atoms with Crippen molar-refractivity contribution in [2.45, 2.75) is 12.5 Å². The van der Waals surface area contributed by atoms with Crippen molar-refractivity contribution in [1.82, 2.24) is 19.6 Å². The Morgan fingerprint density at radius 1 is 1.10 bits per heavy atom. The molecule has 4 rings (SSSR count). The Morgan fingerprint density at radius 3 is 2.55 bits per heavy atom. The van der Waals surface area contributed by atoms with Gasteiger partial charge in [0.2, 0.25) is 0 Å². The van der Waals surface area contributed by atoms with E-state index in [-0.39, 0.29) is 6.10 Å². The van der Waals surface area contributed by atoms with Crippen LogP contribution in [0.15, 0.2) is 24.3 Å². The molecule has 1 aromatic heterocycles. The fraction of sp³-hybridized carbons (Fsp3) is 0.500. The van der Waals surface area contributed by atoms with E-state index in [1.54, 1.807) is 0 Å². The molecule has 29 heavy (non-hydrogen) atoms. The van der Waals surface area contributed by atoms with Gasteiger partial charge in [-0.2, -0.15) is 0 Å². The number of anilines is 1. The number of halogens is 1. The second kappa shape index (κ2) is 8.88. The lowest BCUT2D eigenvalue weighted by atomic mass is 10.2. The third-order valence-corrected chi connectivity index (χ3v) is 6.19. The van der Waals surface area contributed by atoms with Crippen LogP contribution in [0.2, 0.25) is 5.02 Å². The summed E-state index contributed by atoms with van der Waals surface area (Å²) < 4.78 is 7.90. The van der Waals surface area contributed by atoms with Crippen LogP contribution < -0.4 is 15.5 Å². The monoisotopic (exact) mass is 415 g/mol. The van der Waals surface area contributed by atoms with Crippen LogP contribution in [0.4, 0.5) is 5.82 Å². The van der Waals surface area contributed by atoms with E-state index in [0.717, 1.165) is 74.3 Å². The molecule has 0 aliphatic carbocycles. The molecule has 156 valence electrons. The topological polar surface area (TPSA) is 36.8 Å². The van der Waals surface area contributed by atoms with Gasteiger partial charge in [0.15, 0.2) is 5.82 Å². The average Bonchev–Trinajstić information content (AvgIpc) is 3.03. The number of likely N-dealkylation sites (N-methyl/N-ethyl adjacent to an activating group) is 1. The van der Waals surface area contributed by atoms with E-state index in [1.807, 2.05) is 28.9 Å². The maximum absolute atomic E-state index is 6.05. The van der Waals surface area contributed by atoms with Crippen molar-refractivity contribution in [3.63, 3.8) is 0 Å². The number of piperazine rings is 1. The van der Waals surface area contributed by atoms with E-state index in [4.69, 9.17) is 21.4 Å². The highest BCUT2D eigenvalue weighted by molar-refractivity contribution is 6.30. The van der Waals surface area contributed by atoms with Gasteiger partial charge < -0.3 is 19.4 Å². The highest BCUT2D eigenvalue weighted by Crippen LogP contribution is 2.16. The van der Waals surface area contributed by atoms with Gasteiger partial charge in [-0.25, -0.2) is 4.68 Å². The number of hydrogen-bond donors (Lipinski definition) is 0. The lowest BCUT2D eigenvalue weighted by Crippen LogP contribution is -2.48. The summed E-state index contributed by atoms with van der Waals surface area (Å²) in [6, 6.07) is 7.63. The number of benzene rings is 1. The third kappa shape index (κ3) is 4.67. The van der Waals surface area contributed by atoms with Crippen LogP contribution in [-0.4, -0.2) is 85.2 Å². The molecule has 0 amide bonds. The maximum atomic E-state index is 6.05. The van der Waals surface area contributed by atoms with Crippen molar-refractivity contribution in [2.75, 3.05) is 64.4 Å². The van der Waals surface area contributed by atoms with Crippen LogP contribution >= 0.6 is 11.6 Å². The summed E-state index contributed by atoms with van der Waals surface area (Å²) in [4.78, 5) is 7.22. The van der Waals surface area contributed by atoms with E-state index in [0.29, 0.717) is 11.6 Å². The van der Waals surface area contributed by atoms with Gasteiger partial charge in [-0.1, -0.05) is 24.8 Å². The molecule has 2 aliphatic heterocycles. The summed E-state index contributed by atoms with van der Waals surface area (Å²) in [5.74, 6) is 0.901. The highest BCUT2D eigenvalue weighted by Gasteiger charge is 2.24. The SMILES string of the molecule is C=c1c(N2CCOC(CCN3CCN(C)CC3)C2)nn(-c2ccc(Cl)cc2)c1=C. The predicted molar refractivity (Wildman–Crippen MR) is 119 cm³/mol. The van der Waals surface area contributed by atoms with E-state index < -0.39 is 0 Å². The Kier molecular flexibility index (Phi) is 6.25. The van der Waals surface area contributed by atoms with Gasteiger partial charge in [0.1, 0.15) is 0 Å². The molecular formula is C22H30ClN5O. The molecule has 2 aliphatic rings. The lowest BCUT2D eigenvalue weighted by molar-refractivity contribution is 0.0247. The summed E-state index contributed by atoms with van der Waals surface area (Å²) in [6.07, 6.45) is 1.26. The first-order valence-corrected chi connectivity index (χ1v) is 10.7. The third-order valence-electron chi connectivity index (χ3n) is 5.94. The second-order valence-corrected chi connectivity index (χ2v) is 8.45. The second-order valence-electron chi connectivity index (χ2n) is 8.01. The van der Waals surface area contributed by atoms with E-state index in [2.05, 4.69) is 34.9 Å². The molecule has 0 N–H and O–H groups in total. The Labute approximate surface area is 177 Å². The first-order chi connectivity index (χ1) is 14.0. The molecule has 1 unspecified atom stereocenters. The summed E-state index contributed by atoms with van der Waals surface area (Å²) in [7, 11) is 2.19. The Morgan fingerprint density at radius 2 is 1.83 bits per heavy atom. The van der Waals surface area contributed by atoms with Gasteiger partial charge in [0, 0.05) is 56.1 Å². The van der Waals surface area contributed by atoms with E-state index in [1.165, 1.54) is 0 Å². The summed E-state index contributed by atoms with van der Waals surface area (Å²) in [5.41, 5.74) is 0.940. The van der Waals surface area contributed by atoms with Crippen LogP contribution in [-0.2, 0) is 4.74 Å². The van der Waals surface area contributed by atoms with Crippen molar-refractivity contribution < 1.29 is 4.74 Å². The van der Waals surface area contributed by atoms with Crippen LogP contribution in [0.3, 0.4) is 0 Å². The molecule has 2 aromatic rings. The molecule has 7 heteroatoms. The number of hydrogen-bond acceptors (Lipinski definition) is 5. The minimum atomic E-state index is 0.219. The van der Waals surface area contributed by atoms with Crippen molar-refractivity contribution >= 4 is 30.6 Å². The van der Waals surface area contributed by atoms with Gasteiger partial charge >= 0.3 is 0 Å². The molecule has 2 saturated heterocycles. The Balaban J connectivity index is 1.43. The van der Waals surface area contributed by atoms with Crippen molar-refractivity contribution in [3.05, 3.63) is 39.9 Å². The molecule has 6 nitrogen and oxygen atoms in total. The Hall–Kier alpha value is -1.86. The number of aromatic nitrogens is 2. The smallest absolute Gasteiger partial charge is 0.158 e. The quantitative estimate of drug-likeness (QED) is 0.733. The fourth-order valence-corrected chi connectivity index (χ4v) is 4.13. The lowest BCUT2D eigenvalue weighted by Gasteiger charge is -2.36. The first-order valence-electron chi connectivity index (χ1n) is 10.3. The highest BCUT2D eigenvalue weighted by atomic mass is 35.5. The van der Waals surface area contributed by atoms with Gasteiger partial charge in [-0.3, -0.25) is 0 Å². The standard InChI is InChI=1S/C22H30ClN5O/c1-17-18(2)28(20-6-4-19(23)5-7-20)24-22(17)27-14-15-29-21(16-27)8-9-26-12-10-25(3)11-13-26/h4-7,21H,1-2,8-16H2,3H3. The molecule has 1 aromatic carbocycles. The molecule has 0 spiro atoms. The van der Waals surface area contributed by atoms with E-state index >= 15 is 0 Å². The molecule has 0 bridgehead atoms. The van der Waals surface area contributed by atoms with Crippen LogP contribution in [0.1, 0.15) is 6.42 Å². The number of rotatable bonds is 5. The maximum Gasteiger partial charge on any atom is 0.158 e. The molecular weight excluding hydrogens is 386 g/mol. The van der Waals surface area contributed by atoms with Gasteiger partial charge in [0.05, 0.1) is 23.7 Å². The minimum absolute atomic E-state index is 0.219. The van der Waals surface area contributed by atoms with Crippen molar-refractivity contribution in [3.8, 4) is 5.69 Å². The van der Waals surface area contributed by atoms with Gasteiger partial charge in [0.25, 0.3) is 0 Å². The number of morpholine rings is 1. The zero-order valence-corrected chi connectivity index (χ0v) is 17.9. The predicted octanol–water partition coefficient (Wildman–Crippen LogP) is 1.19. The van der Waals surface area contributed by atoms with Gasteiger partial charge in [-0.15, -0.1) is 5.10 Å². The van der Waals surface area contributed by atoms with E-state index in [9.17, 15) is 0 Å². The molecule has 1 atom stereocenters. The number of ether oxygens (including phenoxy) is 1. The summed E-state index contributed by atoms with van der Waals surface area (Å²) in [6.45, 7) is 16.5. The van der Waals surface area contributed by atoms with Gasteiger partial charge in [-0.05, 0) is 37.7 Å². The van der Waals surface area contributed by atoms with Crippen molar-refractivity contribution in [1.29, 1.82) is 0 Å². The van der Waals surface area contributed by atoms with Crippen LogP contribution in [0.25, 0.3) is 18.8 Å². The zero-order valence-electron chi connectivity index (χ0n) is 17.2. The largest absolute Gasteiger partial charge is 0.374 e. The molecule has 2 fully saturated rings. The summed E-state index contributed by atoms with van der Waals surface area (Å²) >= 11 is 6.02. The number of nitrogens with zero attached hydrogens (tertiary/aromatic N) is 5. The summed E-state index contributed by atoms with van der Waals surface area (Å²) in [5, 5.41) is 7.22.